The number of nitrogens with zero attached hydrogens (tertiary/aromatic N) is 2. The molecule has 0 saturated carbocycles. The number of nitrogens with one attached hydrogen (secondary N) is 1. The number of benzene rings is 1. The van der Waals surface area contributed by atoms with Crippen molar-refractivity contribution in [1.29, 1.82) is 0 Å². The van der Waals surface area contributed by atoms with Gasteiger partial charge in [0, 0.05) is 30.0 Å². The van der Waals surface area contributed by atoms with Gasteiger partial charge in [-0.15, -0.1) is 0 Å². The van der Waals surface area contributed by atoms with E-state index in [4.69, 9.17) is 0 Å². The highest BCUT2D eigenvalue weighted by molar-refractivity contribution is 9.10. The number of aromatic nitrogens is 1. The molecule has 0 fully saturated rings. The van der Waals surface area contributed by atoms with Crippen molar-refractivity contribution in [2.75, 3.05) is 13.1 Å². The molecule has 0 radical (unpaired) electrons. The molecule has 7 heteroatoms. The van der Waals surface area contributed by atoms with Crippen molar-refractivity contribution in [2.45, 2.75) is 12.8 Å². The molecule has 0 aliphatic carbocycles. The van der Waals surface area contributed by atoms with Crippen LogP contribution in [0.4, 0.5) is 0 Å². The summed E-state index contributed by atoms with van der Waals surface area (Å²) in [7, 11) is 0. The molecule has 0 bridgehead atoms. The number of hydrogen-bond acceptors (Lipinski definition) is 4. The number of unbranched alkanes of at least 4 members (excludes halogenated alkanes) is 1. The Hall–Kier alpha value is -2.54. The highest BCUT2D eigenvalue weighted by Gasteiger charge is 2.34. The third kappa shape index (κ3) is 3.76. The predicted octanol–water partition coefficient (Wildman–Crippen LogP) is 2.65. The molecule has 25 heavy (non-hydrogen) atoms. The van der Waals surface area contributed by atoms with Gasteiger partial charge in [0.1, 0.15) is 0 Å². The topological polar surface area (TPSA) is 79.4 Å². The van der Waals surface area contributed by atoms with Crippen LogP contribution in [0.5, 0.6) is 0 Å². The summed E-state index contributed by atoms with van der Waals surface area (Å²) < 4.78 is 0.741. The van der Waals surface area contributed by atoms with E-state index in [9.17, 15) is 14.4 Å². The van der Waals surface area contributed by atoms with Gasteiger partial charge in [0.05, 0.1) is 16.7 Å². The quantitative estimate of drug-likeness (QED) is 0.595. The van der Waals surface area contributed by atoms with Gasteiger partial charge in [-0.25, -0.2) is 0 Å². The molecule has 1 aliphatic rings. The molecule has 1 aromatic carbocycles. The average Bonchev–Trinajstić information content (AvgIpc) is 2.86. The maximum Gasteiger partial charge on any atom is 0.261 e. The van der Waals surface area contributed by atoms with Crippen LogP contribution in [-0.2, 0) is 0 Å². The van der Waals surface area contributed by atoms with Crippen molar-refractivity contribution in [1.82, 2.24) is 15.2 Å². The molecular formula is C18H16BrN3O3. The van der Waals surface area contributed by atoms with Gasteiger partial charge in [-0.2, -0.15) is 0 Å². The first-order valence-corrected chi connectivity index (χ1v) is 8.71. The van der Waals surface area contributed by atoms with E-state index in [2.05, 4.69) is 26.2 Å². The second kappa shape index (κ2) is 7.57. The van der Waals surface area contributed by atoms with E-state index in [-0.39, 0.29) is 17.7 Å². The first-order chi connectivity index (χ1) is 12.1. The molecular weight excluding hydrogens is 386 g/mol. The van der Waals surface area contributed by atoms with E-state index in [1.807, 2.05) is 0 Å². The largest absolute Gasteiger partial charge is 0.352 e. The van der Waals surface area contributed by atoms with Gasteiger partial charge in [0.15, 0.2) is 0 Å². The van der Waals surface area contributed by atoms with Gasteiger partial charge in [-0.1, -0.05) is 12.1 Å². The van der Waals surface area contributed by atoms with Crippen LogP contribution in [0, 0.1) is 0 Å². The van der Waals surface area contributed by atoms with Gasteiger partial charge in [-0.3, -0.25) is 24.3 Å². The number of imide groups is 1. The highest BCUT2D eigenvalue weighted by atomic mass is 79.9. The maximum atomic E-state index is 12.2. The van der Waals surface area contributed by atoms with Crippen LogP contribution in [0.1, 0.15) is 43.9 Å². The minimum atomic E-state index is -0.246. The van der Waals surface area contributed by atoms with Crippen LogP contribution >= 0.6 is 15.9 Å². The molecule has 0 atom stereocenters. The standard InChI is InChI=1S/C18H16BrN3O3/c19-13-9-12(10-20-11-13)16(23)21-7-3-4-8-22-17(24)14-5-1-2-6-15(14)18(22)25/h1-2,5-6,9-11H,3-4,7-8H2,(H,21,23). The minimum absolute atomic E-state index is 0.200. The van der Waals surface area contributed by atoms with E-state index in [0.717, 1.165) is 4.47 Å². The predicted molar refractivity (Wildman–Crippen MR) is 95.3 cm³/mol. The van der Waals surface area contributed by atoms with Crippen molar-refractivity contribution in [3.05, 3.63) is 63.9 Å². The van der Waals surface area contributed by atoms with Gasteiger partial charge in [0.2, 0.25) is 0 Å². The summed E-state index contributed by atoms with van der Waals surface area (Å²) in [5, 5.41) is 2.80. The second-order valence-corrected chi connectivity index (χ2v) is 6.58. The summed E-state index contributed by atoms with van der Waals surface area (Å²) in [6.07, 6.45) is 4.40. The van der Waals surface area contributed by atoms with E-state index in [0.29, 0.717) is 42.6 Å². The normalized spacial score (nSPS) is 13.1. The van der Waals surface area contributed by atoms with Crippen LogP contribution in [0.3, 0.4) is 0 Å². The van der Waals surface area contributed by atoms with Crippen molar-refractivity contribution in [3.63, 3.8) is 0 Å². The minimum Gasteiger partial charge on any atom is -0.352 e. The number of rotatable bonds is 6. The SMILES string of the molecule is O=C(NCCCCN1C(=O)c2ccccc2C1=O)c1cncc(Br)c1. The summed E-state index contributed by atoms with van der Waals surface area (Å²) in [5.41, 5.74) is 1.40. The molecule has 6 nitrogen and oxygen atoms in total. The lowest BCUT2D eigenvalue weighted by Crippen LogP contribution is -2.31. The number of hydrogen-bond donors (Lipinski definition) is 1. The molecule has 2 heterocycles. The van der Waals surface area contributed by atoms with E-state index < -0.39 is 0 Å². The zero-order valence-electron chi connectivity index (χ0n) is 13.4. The smallest absolute Gasteiger partial charge is 0.261 e. The van der Waals surface area contributed by atoms with Gasteiger partial charge in [0.25, 0.3) is 17.7 Å². The number of halogens is 1. The fourth-order valence-corrected chi connectivity index (χ4v) is 3.04. The van der Waals surface area contributed by atoms with Crippen molar-refractivity contribution < 1.29 is 14.4 Å². The molecule has 1 aliphatic heterocycles. The molecule has 0 saturated heterocycles. The monoisotopic (exact) mass is 401 g/mol. The number of carbonyl (C=O) groups excluding carboxylic acids is 3. The Morgan fingerprint density at radius 3 is 2.40 bits per heavy atom. The van der Waals surface area contributed by atoms with Gasteiger partial charge in [-0.05, 0) is 47.0 Å². The molecule has 2 aromatic rings. The van der Waals surface area contributed by atoms with Crippen molar-refractivity contribution in [2.24, 2.45) is 0 Å². The second-order valence-electron chi connectivity index (χ2n) is 5.66. The molecule has 0 unspecified atom stereocenters. The van der Waals surface area contributed by atoms with Crippen LogP contribution < -0.4 is 5.32 Å². The summed E-state index contributed by atoms with van der Waals surface area (Å²) in [4.78, 5) is 41.6. The van der Waals surface area contributed by atoms with Crippen LogP contribution in [0.15, 0.2) is 47.2 Å². The molecule has 3 rings (SSSR count). The fraction of sp³-hybridized carbons (Fsp3) is 0.222. The molecule has 0 spiro atoms. The van der Waals surface area contributed by atoms with Gasteiger partial charge < -0.3 is 5.32 Å². The Morgan fingerprint density at radius 1 is 1.08 bits per heavy atom. The molecule has 3 amide bonds. The number of fused-ring (bicyclic) bond motifs is 1. The summed E-state index contributed by atoms with van der Waals surface area (Å²) in [6, 6.07) is 8.53. The zero-order chi connectivity index (χ0) is 17.8. The summed E-state index contributed by atoms with van der Waals surface area (Å²) in [5.74, 6) is -0.691. The maximum absolute atomic E-state index is 12.2. The molecule has 1 aromatic heterocycles. The van der Waals surface area contributed by atoms with Crippen molar-refractivity contribution in [3.8, 4) is 0 Å². The van der Waals surface area contributed by atoms with Crippen LogP contribution in [0.25, 0.3) is 0 Å². The first-order valence-electron chi connectivity index (χ1n) is 7.92. The van der Waals surface area contributed by atoms with Gasteiger partial charge >= 0.3 is 0 Å². The van der Waals surface area contributed by atoms with E-state index in [1.54, 1.807) is 36.5 Å². The molecule has 128 valence electrons. The Kier molecular flexibility index (Phi) is 5.23. The van der Waals surface area contributed by atoms with E-state index >= 15 is 0 Å². The Labute approximate surface area is 153 Å². The van der Waals surface area contributed by atoms with Crippen LogP contribution in [-0.4, -0.2) is 40.7 Å². The Balaban J connectivity index is 1.44. The summed E-state index contributed by atoms with van der Waals surface area (Å²) in [6.45, 7) is 0.815. The van der Waals surface area contributed by atoms with Crippen LogP contribution in [0.2, 0.25) is 0 Å². The Bertz CT molecular complexity index is 803. The third-order valence-electron chi connectivity index (χ3n) is 3.94. The Morgan fingerprint density at radius 2 is 1.76 bits per heavy atom. The lowest BCUT2D eigenvalue weighted by molar-refractivity contribution is 0.0650. The lowest BCUT2D eigenvalue weighted by Gasteiger charge is -2.13. The lowest BCUT2D eigenvalue weighted by atomic mass is 10.1. The number of carbonyl (C=O) groups is 3. The first kappa shape index (κ1) is 17.3. The molecule has 1 N–H and O–H groups in total. The highest BCUT2D eigenvalue weighted by Crippen LogP contribution is 2.22. The fourth-order valence-electron chi connectivity index (χ4n) is 2.68. The zero-order valence-corrected chi connectivity index (χ0v) is 15.0. The summed E-state index contributed by atoms with van der Waals surface area (Å²) >= 11 is 3.27. The van der Waals surface area contributed by atoms with Crippen molar-refractivity contribution >= 4 is 33.7 Å². The number of amides is 3. The third-order valence-corrected chi connectivity index (χ3v) is 4.37. The van der Waals surface area contributed by atoms with E-state index in [1.165, 1.54) is 11.1 Å². The number of pyridine rings is 1. The average molecular weight is 402 g/mol.